The van der Waals surface area contributed by atoms with Crippen LogP contribution in [0.5, 0.6) is 0 Å². The van der Waals surface area contributed by atoms with Gasteiger partial charge in [0.25, 0.3) is 5.91 Å². The highest BCUT2D eigenvalue weighted by atomic mass is 19.1. The molecule has 1 aliphatic heterocycles. The highest BCUT2D eigenvalue weighted by Crippen LogP contribution is 2.14. The monoisotopic (exact) mass is 342 g/mol. The normalized spacial score (nSPS) is 16.6. The number of amides is 3. The maximum atomic E-state index is 12.9. The number of aryl methyl sites for hydroxylation is 1. The Hall–Kier alpha value is -2.96. The van der Waals surface area contributed by atoms with Crippen LogP contribution in [-0.2, 0) is 0 Å². The van der Waals surface area contributed by atoms with Crippen molar-refractivity contribution in [3.8, 4) is 0 Å². The van der Waals surface area contributed by atoms with Gasteiger partial charge in [0.2, 0.25) is 0 Å². The van der Waals surface area contributed by atoms with Crippen LogP contribution in [0.4, 0.5) is 14.9 Å². The predicted molar refractivity (Wildman–Crippen MR) is 91.8 cm³/mol. The first-order valence-corrected chi connectivity index (χ1v) is 8.06. The van der Waals surface area contributed by atoms with Gasteiger partial charge in [0, 0.05) is 36.7 Å². The van der Waals surface area contributed by atoms with E-state index < -0.39 is 0 Å². The minimum absolute atomic E-state index is 0.0873. The summed E-state index contributed by atoms with van der Waals surface area (Å²) < 4.78 is 12.9. The fourth-order valence-electron chi connectivity index (χ4n) is 2.73. The summed E-state index contributed by atoms with van der Waals surface area (Å²) >= 11 is 0. The molecular formula is C18H19FN4O2. The van der Waals surface area contributed by atoms with E-state index in [0.29, 0.717) is 30.8 Å². The lowest BCUT2D eigenvalue weighted by molar-refractivity contribution is 0.0789. The van der Waals surface area contributed by atoms with Crippen LogP contribution in [-0.4, -0.2) is 41.0 Å². The SMILES string of the molecule is Cc1ccc(C(=O)N2CC[C@H](NC(=O)Nc3ccc(F)cc3)C2)cn1. The van der Waals surface area contributed by atoms with Crippen LogP contribution >= 0.6 is 0 Å². The molecule has 1 aliphatic rings. The summed E-state index contributed by atoms with van der Waals surface area (Å²) in [5.41, 5.74) is 1.91. The first-order chi connectivity index (χ1) is 12.0. The van der Waals surface area contributed by atoms with Crippen LogP contribution in [0.1, 0.15) is 22.5 Å². The maximum Gasteiger partial charge on any atom is 0.319 e. The van der Waals surface area contributed by atoms with Crippen molar-refractivity contribution in [3.63, 3.8) is 0 Å². The molecule has 2 heterocycles. The van der Waals surface area contributed by atoms with Crippen molar-refractivity contribution in [2.75, 3.05) is 18.4 Å². The number of carbonyl (C=O) groups is 2. The highest BCUT2D eigenvalue weighted by Gasteiger charge is 2.28. The second-order valence-electron chi connectivity index (χ2n) is 6.03. The first kappa shape index (κ1) is 16.9. The van der Waals surface area contributed by atoms with Gasteiger partial charge in [-0.15, -0.1) is 0 Å². The number of urea groups is 1. The predicted octanol–water partition coefficient (Wildman–Crippen LogP) is 2.57. The van der Waals surface area contributed by atoms with Gasteiger partial charge in [0.1, 0.15) is 5.82 Å². The minimum atomic E-state index is -0.372. The molecule has 0 spiro atoms. The van der Waals surface area contributed by atoms with Crippen LogP contribution in [0, 0.1) is 12.7 Å². The van der Waals surface area contributed by atoms with E-state index in [0.717, 1.165) is 5.69 Å². The van der Waals surface area contributed by atoms with E-state index in [1.807, 2.05) is 6.92 Å². The fourth-order valence-corrected chi connectivity index (χ4v) is 2.73. The molecule has 0 aliphatic carbocycles. The summed E-state index contributed by atoms with van der Waals surface area (Å²) in [5.74, 6) is -0.447. The number of pyridine rings is 1. The molecule has 0 unspecified atom stereocenters. The van der Waals surface area contributed by atoms with Gasteiger partial charge >= 0.3 is 6.03 Å². The molecule has 1 aromatic carbocycles. The van der Waals surface area contributed by atoms with Gasteiger partial charge in [-0.25, -0.2) is 9.18 Å². The lowest BCUT2D eigenvalue weighted by atomic mass is 10.2. The number of likely N-dealkylation sites (tertiary alicyclic amines) is 1. The Morgan fingerprint density at radius 1 is 1.20 bits per heavy atom. The second-order valence-corrected chi connectivity index (χ2v) is 6.03. The van der Waals surface area contributed by atoms with Gasteiger partial charge in [-0.05, 0) is 49.7 Å². The number of carbonyl (C=O) groups excluding carboxylic acids is 2. The van der Waals surface area contributed by atoms with Gasteiger partial charge in [0.05, 0.1) is 5.56 Å². The van der Waals surface area contributed by atoms with Gasteiger partial charge in [-0.1, -0.05) is 0 Å². The Labute approximate surface area is 145 Å². The number of nitrogens with zero attached hydrogens (tertiary/aromatic N) is 2. The number of nitrogens with one attached hydrogen (secondary N) is 2. The summed E-state index contributed by atoms with van der Waals surface area (Å²) in [6.45, 7) is 2.89. The van der Waals surface area contributed by atoms with Crippen molar-refractivity contribution in [1.29, 1.82) is 0 Å². The van der Waals surface area contributed by atoms with Crippen molar-refractivity contribution in [2.45, 2.75) is 19.4 Å². The number of halogens is 1. The lowest BCUT2D eigenvalue weighted by Crippen LogP contribution is -2.40. The quantitative estimate of drug-likeness (QED) is 0.900. The molecule has 6 nitrogen and oxygen atoms in total. The van der Waals surface area contributed by atoms with E-state index in [2.05, 4.69) is 15.6 Å². The Balaban J connectivity index is 1.52. The van der Waals surface area contributed by atoms with Crippen molar-refractivity contribution in [3.05, 3.63) is 59.7 Å². The van der Waals surface area contributed by atoms with Gasteiger partial charge in [0.15, 0.2) is 0 Å². The van der Waals surface area contributed by atoms with E-state index >= 15 is 0 Å². The molecule has 25 heavy (non-hydrogen) atoms. The number of hydrogen-bond acceptors (Lipinski definition) is 3. The van der Waals surface area contributed by atoms with Gasteiger partial charge in [-0.2, -0.15) is 0 Å². The molecule has 130 valence electrons. The average molecular weight is 342 g/mol. The number of rotatable bonds is 3. The Bertz CT molecular complexity index is 762. The van der Waals surface area contributed by atoms with Crippen molar-refractivity contribution >= 4 is 17.6 Å². The van der Waals surface area contributed by atoms with Crippen LogP contribution in [0.25, 0.3) is 0 Å². The summed E-state index contributed by atoms with van der Waals surface area (Å²) in [7, 11) is 0. The zero-order valence-corrected chi connectivity index (χ0v) is 13.8. The van der Waals surface area contributed by atoms with E-state index in [1.165, 1.54) is 24.3 Å². The summed E-state index contributed by atoms with van der Waals surface area (Å²) in [4.78, 5) is 30.3. The zero-order chi connectivity index (χ0) is 17.8. The molecule has 3 rings (SSSR count). The largest absolute Gasteiger partial charge is 0.336 e. The average Bonchev–Trinajstić information content (AvgIpc) is 3.05. The molecule has 7 heteroatoms. The summed E-state index contributed by atoms with van der Waals surface area (Å²) in [6.07, 6.45) is 2.25. The highest BCUT2D eigenvalue weighted by molar-refractivity contribution is 5.94. The number of anilines is 1. The number of aromatic nitrogens is 1. The maximum absolute atomic E-state index is 12.9. The summed E-state index contributed by atoms with van der Waals surface area (Å²) in [6, 6.07) is 8.60. The second kappa shape index (κ2) is 7.29. The molecule has 1 aromatic heterocycles. The van der Waals surface area contributed by atoms with E-state index in [4.69, 9.17) is 0 Å². The van der Waals surface area contributed by atoms with Gasteiger partial charge < -0.3 is 15.5 Å². The standard InChI is InChI=1S/C18H19FN4O2/c1-12-2-3-13(10-20-12)17(24)23-9-8-16(11-23)22-18(25)21-15-6-4-14(19)5-7-15/h2-7,10,16H,8-9,11H2,1H3,(H2,21,22,25)/t16-/m0/s1. The molecule has 2 aromatic rings. The van der Waals surface area contributed by atoms with E-state index in [9.17, 15) is 14.0 Å². The molecular weight excluding hydrogens is 323 g/mol. The third-order valence-corrected chi connectivity index (χ3v) is 4.07. The molecule has 0 bridgehead atoms. The summed E-state index contributed by atoms with van der Waals surface area (Å²) in [5, 5.41) is 5.48. The molecule has 1 atom stereocenters. The Morgan fingerprint density at radius 2 is 1.96 bits per heavy atom. The zero-order valence-electron chi connectivity index (χ0n) is 13.8. The molecule has 0 saturated carbocycles. The van der Waals surface area contributed by atoms with Crippen molar-refractivity contribution < 1.29 is 14.0 Å². The van der Waals surface area contributed by atoms with Crippen LogP contribution < -0.4 is 10.6 Å². The smallest absolute Gasteiger partial charge is 0.319 e. The molecule has 1 saturated heterocycles. The van der Waals surface area contributed by atoms with Gasteiger partial charge in [-0.3, -0.25) is 9.78 Å². The third kappa shape index (κ3) is 4.32. The van der Waals surface area contributed by atoms with Crippen LogP contribution in [0.15, 0.2) is 42.6 Å². The van der Waals surface area contributed by atoms with Crippen LogP contribution in [0.2, 0.25) is 0 Å². The van der Waals surface area contributed by atoms with Crippen LogP contribution in [0.3, 0.4) is 0 Å². The molecule has 2 N–H and O–H groups in total. The lowest BCUT2D eigenvalue weighted by Gasteiger charge is -2.17. The van der Waals surface area contributed by atoms with E-state index in [1.54, 1.807) is 23.2 Å². The molecule has 1 fully saturated rings. The third-order valence-electron chi connectivity index (χ3n) is 4.07. The topological polar surface area (TPSA) is 74.3 Å². The van der Waals surface area contributed by atoms with Crippen molar-refractivity contribution in [1.82, 2.24) is 15.2 Å². The number of benzene rings is 1. The molecule has 0 radical (unpaired) electrons. The minimum Gasteiger partial charge on any atom is -0.336 e. The van der Waals surface area contributed by atoms with Crippen molar-refractivity contribution in [2.24, 2.45) is 0 Å². The van der Waals surface area contributed by atoms with E-state index in [-0.39, 0.29) is 23.8 Å². The molecule has 3 amide bonds. The Kier molecular flexibility index (Phi) is 4.92. The number of hydrogen-bond donors (Lipinski definition) is 2. The Morgan fingerprint density at radius 3 is 2.64 bits per heavy atom. The fraction of sp³-hybridized carbons (Fsp3) is 0.278. The first-order valence-electron chi connectivity index (χ1n) is 8.06.